The van der Waals surface area contributed by atoms with Crippen LogP contribution in [0.2, 0.25) is 5.02 Å². The zero-order chi connectivity index (χ0) is 22.8. The van der Waals surface area contributed by atoms with Crippen LogP contribution >= 0.6 is 32.4 Å². The van der Waals surface area contributed by atoms with Crippen molar-refractivity contribution in [2.75, 3.05) is 25.6 Å². The van der Waals surface area contributed by atoms with Crippen LogP contribution in [0.25, 0.3) is 0 Å². The van der Waals surface area contributed by atoms with Gasteiger partial charge in [-0.25, -0.2) is 0 Å². The first kappa shape index (κ1) is 26.4. The van der Waals surface area contributed by atoms with Crippen molar-refractivity contribution in [2.24, 2.45) is 4.99 Å². The molecule has 0 unspecified atom stereocenters. The topological polar surface area (TPSA) is 21.6 Å². The van der Waals surface area contributed by atoms with Gasteiger partial charge in [-0.2, -0.15) is 0 Å². The van der Waals surface area contributed by atoms with Gasteiger partial charge in [-0.15, -0.1) is 0 Å². The minimum atomic E-state index is -2.35. The van der Waals surface area contributed by atoms with Gasteiger partial charge in [-0.3, -0.25) is 0 Å². The number of hydrogen-bond acceptors (Lipinski definition) is 2. The van der Waals surface area contributed by atoms with Gasteiger partial charge in [0.05, 0.1) is 0 Å². The van der Waals surface area contributed by atoms with Crippen LogP contribution in [-0.4, -0.2) is 31.8 Å². The SMILES string of the molecule is CCCCP(Br)(CCCC)(CCCC)c1cc(Cl)ccc1C=Nc1ccc(OC)cc1. The molecule has 2 aromatic rings. The fourth-order valence-electron chi connectivity index (χ4n) is 4.18. The third-order valence-electron chi connectivity index (χ3n) is 6.09. The Morgan fingerprint density at radius 3 is 1.94 bits per heavy atom. The summed E-state index contributed by atoms with van der Waals surface area (Å²) >= 11 is 11.1. The molecular weight excluding hydrogens is 489 g/mol. The van der Waals surface area contributed by atoms with E-state index in [1.807, 2.05) is 36.5 Å². The Kier molecular flexibility index (Phi) is 10.5. The van der Waals surface area contributed by atoms with Crippen molar-refractivity contribution in [1.29, 1.82) is 0 Å². The molecular formula is C26H38BrClNOP. The Morgan fingerprint density at radius 2 is 1.45 bits per heavy atom. The molecule has 0 aliphatic heterocycles. The molecule has 0 saturated carbocycles. The summed E-state index contributed by atoms with van der Waals surface area (Å²) in [5.74, 6) is 0.843. The van der Waals surface area contributed by atoms with Gasteiger partial charge >= 0.3 is 203 Å². The first-order valence-corrected chi connectivity index (χ1v) is 16.8. The third-order valence-corrected chi connectivity index (χ3v) is 16.3. The summed E-state index contributed by atoms with van der Waals surface area (Å²) in [5.41, 5.74) is 2.12. The maximum absolute atomic E-state index is 6.58. The predicted molar refractivity (Wildman–Crippen MR) is 147 cm³/mol. The van der Waals surface area contributed by atoms with E-state index >= 15 is 0 Å². The molecule has 0 bridgehead atoms. The van der Waals surface area contributed by atoms with Crippen molar-refractivity contribution in [1.82, 2.24) is 0 Å². The van der Waals surface area contributed by atoms with Crippen LogP contribution < -0.4 is 10.0 Å². The normalized spacial score (nSPS) is 13.3. The second kappa shape index (κ2) is 12.4. The van der Waals surface area contributed by atoms with Crippen molar-refractivity contribution in [3.63, 3.8) is 0 Å². The molecule has 0 radical (unpaired) electrons. The van der Waals surface area contributed by atoms with Gasteiger partial charge in [0.2, 0.25) is 0 Å². The fraction of sp³-hybridized carbons (Fsp3) is 0.500. The van der Waals surface area contributed by atoms with Gasteiger partial charge in [0, 0.05) is 0 Å². The van der Waals surface area contributed by atoms with E-state index in [0.29, 0.717) is 0 Å². The van der Waals surface area contributed by atoms with E-state index < -0.39 is 5.31 Å². The predicted octanol–water partition coefficient (Wildman–Crippen LogP) is 8.99. The molecule has 5 heteroatoms. The molecule has 0 aliphatic rings. The van der Waals surface area contributed by atoms with E-state index in [0.717, 1.165) is 16.5 Å². The standard InChI is InChI=1S/C26H38BrClNOP/c1-5-8-17-31(27,18-9-6-2,19-10-7-3)26-20-23(28)12-11-22(26)21-29-24-13-15-25(30-4)16-14-24/h11-16,20-21H,5-10,17-19H2,1-4H3. The van der Waals surface area contributed by atoms with Crippen LogP contribution in [0, 0.1) is 0 Å². The molecule has 0 heterocycles. The van der Waals surface area contributed by atoms with Crippen LogP contribution in [0.15, 0.2) is 47.5 Å². The Labute approximate surface area is 202 Å². The van der Waals surface area contributed by atoms with Gasteiger partial charge in [-0.1, -0.05) is 0 Å². The number of methoxy groups -OCH3 is 1. The minimum absolute atomic E-state index is 0.814. The Morgan fingerprint density at radius 1 is 0.903 bits per heavy atom. The average Bonchev–Trinajstić information content (AvgIpc) is 2.80. The van der Waals surface area contributed by atoms with Gasteiger partial charge in [0.25, 0.3) is 0 Å². The number of aliphatic imine (C=N–C) groups is 1. The van der Waals surface area contributed by atoms with E-state index in [9.17, 15) is 0 Å². The summed E-state index contributed by atoms with van der Waals surface area (Å²) in [6.45, 7) is 6.87. The fourth-order valence-corrected chi connectivity index (χ4v) is 13.4. The molecule has 0 aromatic heterocycles. The average molecular weight is 527 g/mol. The third kappa shape index (κ3) is 7.04. The molecule has 2 nitrogen and oxygen atoms in total. The summed E-state index contributed by atoms with van der Waals surface area (Å²) in [6, 6.07) is 14.2. The number of rotatable bonds is 13. The number of halogens is 2. The van der Waals surface area contributed by atoms with Crippen molar-refractivity contribution < 1.29 is 4.74 Å². The quantitative estimate of drug-likeness (QED) is 0.188. The second-order valence-corrected chi connectivity index (χ2v) is 19.5. The van der Waals surface area contributed by atoms with Crippen molar-refractivity contribution in [2.45, 2.75) is 59.3 Å². The zero-order valence-electron chi connectivity index (χ0n) is 19.5. The monoisotopic (exact) mass is 525 g/mol. The number of hydrogen-bond donors (Lipinski definition) is 0. The molecule has 2 aromatic carbocycles. The van der Waals surface area contributed by atoms with E-state index in [1.54, 1.807) is 7.11 Å². The summed E-state index contributed by atoms with van der Waals surface area (Å²) in [6.07, 6.45) is 13.0. The number of nitrogens with zero attached hydrogens (tertiary/aromatic N) is 1. The van der Waals surface area contributed by atoms with Crippen LogP contribution in [-0.2, 0) is 0 Å². The van der Waals surface area contributed by atoms with Crippen molar-refractivity contribution in [3.8, 4) is 5.75 Å². The molecule has 0 atom stereocenters. The first-order chi connectivity index (χ1) is 14.9. The van der Waals surface area contributed by atoms with Crippen LogP contribution in [0.4, 0.5) is 5.69 Å². The number of ether oxygens (including phenoxy) is 1. The summed E-state index contributed by atoms with van der Waals surface area (Å²) < 4.78 is 5.27. The van der Waals surface area contributed by atoms with Crippen molar-refractivity contribution in [3.05, 3.63) is 53.1 Å². The Hall–Kier alpha value is -0.890. The van der Waals surface area contributed by atoms with Gasteiger partial charge in [0.15, 0.2) is 0 Å². The Bertz CT molecular complexity index is 828. The molecule has 2 rings (SSSR count). The van der Waals surface area contributed by atoms with E-state index in [-0.39, 0.29) is 0 Å². The molecule has 0 fully saturated rings. The van der Waals surface area contributed by atoms with E-state index in [2.05, 4.69) is 48.4 Å². The van der Waals surface area contributed by atoms with E-state index in [1.165, 1.54) is 67.9 Å². The van der Waals surface area contributed by atoms with Crippen LogP contribution in [0.5, 0.6) is 5.75 Å². The number of unbranched alkanes of at least 4 members (excludes halogenated alkanes) is 3. The Balaban J connectivity index is 2.57. The molecule has 0 saturated heterocycles. The van der Waals surface area contributed by atoms with Crippen LogP contribution in [0.1, 0.15) is 64.9 Å². The summed E-state index contributed by atoms with van der Waals surface area (Å²) in [4.78, 5) is 4.80. The zero-order valence-corrected chi connectivity index (χ0v) is 22.8. The summed E-state index contributed by atoms with van der Waals surface area (Å²) in [7, 11) is 1.68. The van der Waals surface area contributed by atoms with Gasteiger partial charge in [-0.05, 0) is 0 Å². The molecule has 0 aliphatic carbocycles. The second-order valence-electron chi connectivity index (χ2n) is 8.48. The summed E-state index contributed by atoms with van der Waals surface area (Å²) in [5, 5.41) is -0.128. The molecule has 0 amide bonds. The maximum atomic E-state index is 6.58. The molecule has 31 heavy (non-hydrogen) atoms. The number of benzene rings is 2. The van der Waals surface area contributed by atoms with Gasteiger partial charge < -0.3 is 0 Å². The first-order valence-electron chi connectivity index (χ1n) is 11.6. The molecule has 172 valence electrons. The molecule has 0 N–H and O–H groups in total. The van der Waals surface area contributed by atoms with Crippen LogP contribution in [0.3, 0.4) is 0 Å². The van der Waals surface area contributed by atoms with Gasteiger partial charge in [0.1, 0.15) is 0 Å². The van der Waals surface area contributed by atoms with E-state index in [4.69, 9.17) is 21.3 Å². The van der Waals surface area contributed by atoms with Crippen molar-refractivity contribution >= 4 is 49.6 Å². The molecule has 0 spiro atoms.